The first-order valence-electron chi connectivity index (χ1n) is 25.1. The van der Waals surface area contributed by atoms with Gasteiger partial charge in [0, 0.05) is 50.8 Å². The number of hydrogen-bond donors (Lipinski definition) is 12. The number of H-pyrrole nitrogens is 1. The molecule has 0 saturated carbocycles. The van der Waals surface area contributed by atoms with E-state index >= 15 is 0 Å². The van der Waals surface area contributed by atoms with Crippen LogP contribution in [0, 0.1) is 5.92 Å². The summed E-state index contributed by atoms with van der Waals surface area (Å²) in [5.74, 6) is -7.29. The van der Waals surface area contributed by atoms with Gasteiger partial charge in [-0.15, -0.1) is 0 Å². The van der Waals surface area contributed by atoms with Crippen LogP contribution in [0.2, 0.25) is 0 Å². The van der Waals surface area contributed by atoms with Gasteiger partial charge in [0.15, 0.2) is 5.96 Å². The topological polar surface area (TPSA) is 398 Å². The lowest BCUT2D eigenvalue weighted by molar-refractivity contribution is -0.143. The maximum absolute atomic E-state index is 14.8. The fourth-order valence-corrected chi connectivity index (χ4v) is 9.28. The summed E-state index contributed by atoms with van der Waals surface area (Å²) >= 11 is 0. The molecule has 0 radical (unpaired) electrons. The maximum atomic E-state index is 14.8. The van der Waals surface area contributed by atoms with Crippen molar-refractivity contribution in [2.24, 2.45) is 33.8 Å². The van der Waals surface area contributed by atoms with Crippen molar-refractivity contribution < 1.29 is 48.3 Å². The third-order valence-electron chi connectivity index (χ3n) is 13.5. The number of phenols is 1. The number of carbonyl (C=O) groups excluding carboxylic acids is 9. The molecule has 0 bridgehead atoms. The number of guanidine groups is 1. The molecule has 3 fully saturated rings. The zero-order valence-electron chi connectivity index (χ0n) is 41.6. The SMILES string of the molecule is CC[C@H](C)[C@@H]1NC(=O)[C@H](CCCN=C(N)N)NC(=O)[C@@H]2CCCN2C(=O)[C@@H](Cc2ccc(O)cc2)NC(=O)[C@H](CCC(N)=O)NC(=O)[C@H](Cc2cnc[nH]2)NC(=O)[C@@H]2CCCN2C(=O)[C@H](CCCCN)NC1=O. The number of phenolic OH excluding ortho intramolecular Hbond substituents is 1. The van der Waals surface area contributed by atoms with Crippen LogP contribution in [0.3, 0.4) is 0 Å². The predicted octanol–water partition coefficient (Wildman–Crippen LogP) is -2.70. The molecule has 3 saturated heterocycles. The number of nitrogens with two attached hydrogens (primary N) is 4. The van der Waals surface area contributed by atoms with Crippen molar-refractivity contribution in [3.05, 3.63) is 48.0 Å². The summed E-state index contributed by atoms with van der Waals surface area (Å²) in [6, 6.07) is -4.24. The van der Waals surface area contributed by atoms with E-state index in [1.807, 2.05) is 6.92 Å². The molecule has 0 unspecified atom stereocenters. The van der Waals surface area contributed by atoms with Gasteiger partial charge < -0.3 is 74.7 Å². The minimum Gasteiger partial charge on any atom is -0.508 e. The molecule has 9 amide bonds. The van der Waals surface area contributed by atoms with E-state index in [2.05, 4.69) is 46.9 Å². The van der Waals surface area contributed by atoms with E-state index in [0.717, 1.165) is 0 Å². The van der Waals surface area contributed by atoms with Crippen molar-refractivity contribution in [1.82, 2.24) is 51.7 Å². The number of carbonyl (C=O) groups is 9. The molecule has 25 nitrogen and oxygen atoms in total. The molecule has 1 aromatic heterocycles. The smallest absolute Gasteiger partial charge is 0.246 e. The van der Waals surface area contributed by atoms with Gasteiger partial charge >= 0.3 is 0 Å². The highest BCUT2D eigenvalue weighted by molar-refractivity contribution is 5.99. The molecule has 2 aromatic rings. The zero-order valence-corrected chi connectivity index (χ0v) is 41.6. The number of rotatable bonds is 17. The van der Waals surface area contributed by atoms with Gasteiger partial charge in [0.1, 0.15) is 54.1 Å². The number of benzene rings is 1. The predicted molar refractivity (Wildman–Crippen MR) is 266 cm³/mol. The fourth-order valence-electron chi connectivity index (χ4n) is 9.28. The molecule has 5 rings (SSSR count). The van der Waals surface area contributed by atoms with Crippen molar-refractivity contribution in [2.45, 2.75) is 152 Å². The molecule has 1 aromatic carbocycles. The van der Waals surface area contributed by atoms with Gasteiger partial charge in [-0.1, -0.05) is 32.4 Å². The van der Waals surface area contributed by atoms with Crippen LogP contribution >= 0.6 is 0 Å². The average molecular weight is 1020 g/mol. The van der Waals surface area contributed by atoms with Gasteiger partial charge in [-0.2, -0.15) is 0 Å². The standard InChI is InChI=1S/C48H73N15O10/c1-3-27(2)39-45(71)58-33(9-4-5-19-49)46(72)62-21-7-12-37(62)44(70)59-34(24-29-25-53-26-55-29)42(68)56-32(17-18-38(50)65)40(66)60-35(23-28-13-15-30(64)16-14-28)47(73)63-22-8-11-36(63)43(69)57-31(41(67)61-39)10-6-20-54-48(51)52/h13-16,25-27,31-37,39,64H,3-12,17-24,49H2,1-2H3,(H2,50,65)(H,53,55)(H,56,68)(H,57,69)(H,58,71)(H,59,70)(H,60,66)(H,61,67)(H4,51,52,54)/t27-,31-,32-,33-,34-,35+,36-,37-,39-/m0/s1. The molecular formula is C48H73N15O10. The van der Waals surface area contributed by atoms with Crippen molar-refractivity contribution in [1.29, 1.82) is 0 Å². The summed E-state index contributed by atoms with van der Waals surface area (Å²) in [7, 11) is 0. The highest BCUT2D eigenvalue weighted by atomic mass is 16.3. The number of aromatic hydroxyl groups is 1. The minimum absolute atomic E-state index is 0.00314. The largest absolute Gasteiger partial charge is 0.508 e. The fraction of sp³-hybridized carbons (Fsp3) is 0.604. The average Bonchev–Trinajstić information content (AvgIpc) is 4.18. The minimum atomic E-state index is -1.50. The number of unbranched alkanes of at least 4 members (excludes halogenated alkanes) is 1. The summed E-state index contributed by atoms with van der Waals surface area (Å²) in [4.78, 5) is 142. The number of aliphatic imine (C=N–C) groups is 1. The first-order valence-corrected chi connectivity index (χ1v) is 25.1. The molecule has 9 atom stereocenters. The summed E-state index contributed by atoms with van der Waals surface area (Å²) < 4.78 is 0. The molecule has 3 aliphatic heterocycles. The Labute approximate surface area is 423 Å². The second-order valence-corrected chi connectivity index (χ2v) is 18.9. The summed E-state index contributed by atoms with van der Waals surface area (Å²) in [6.45, 7) is 4.20. The van der Waals surface area contributed by atoms with E-state index in [1.165, 1.54) is 34.5 Å². The number of fused-ring (bicyclic) bond motifs is 2. The number of nitrogens with zero attached hydrogens (tertiary/aromatic N) is 4. The number of imidazole rings is 1. The van der Waals surface area contributed by atoms with Crippen LogP contribution in [0.15, 0.2) is 41.8 Å². The van der Waals surface area contributed by atoms with Gasteiger partial charge in [0.2, 0.25) is 53.2 Å². The molecule has 16 N–H and O–H groups in total. The summed E-state index contributed by atoms with van der Waals surface area (Å²) in [5, 5.41) is 26.7. The van der Waals surface area contributed by atoms with E-state index < -0.39 is 107 Å². The van der Waals surface area contributed by atoms with Crippen LogP contribution in [0.25, 0.3) is 0 Å². The monoisotopic (exact) mass is 1020 g/mol. The van der Waals surface area contributed by atoms with E-state index in [9.17, 15) is 48.3 Å². The van der Waals surface area contributed by atoms with Crippen molar-refractivity contribution in [3.63, 3.8) is 0 Å². The Balaban J connectivity index is 1.59. The van der Waals surface area contributed by atoms with Gasteiger partial charge in [0.25, 0.3) is 0 Å². The lowest BCUT2D eigenvalue weighted by Gasteiger charge is -2.33. The Kier molecular flexibility index (Phi) is 21.3. The zero-order chi connectivity index (χ0) is 53.2. The highest BCUT2D eigenvalue weighted by Crippen LogP contribution is 2.24. The third-order valence-corrected chi connectivity index (χ3v) is 13.5. The van der Waals surface area contributed by atoms with Crippen LogP contribution in [0.5, 0.6) is 5.75 Å². The summed E-state index contributed by atoms with van der Waals surface area (Å²) in [5.41, 5.74) is 23.4. The molecule has 3 aliphatic rings. The van der Waals surface area contributed by atoms with Crippen molar-refractivity contribution in [3.8, 4) is 5.75 Å². The first-order chi connectivity index (χ1) is 34.9. The molecule has 25 heteroatoms. The van der Waals surface area contributed by atoms with E-state index in [1.54, 1.807) is 19.1 Å². The van der Waals surface area contributed by atoms with Gasteiger partial charge in [0.05, 0.1) is 6.33 Å². The number of amides is 9. The normalized spacial score (nSPS) is 25.5. The second kappa shape index (κ2) is 27.5. The van der Waals surface area contributed by atoms with Crippen molar-refractivity contribution >= 4 is 59.1 Å². The van der Waals surface area contributed by atoms with Gasteiger partial charge in [-0.05, 0) is 94.4 Å². The number of aromatic amines is 1. The second-order valence-electron chi connectivity index (χ2n) is 18.9. The number of hydrogen-bond acceptors (Lipinski definition) is 13. The third kappa shape index (κ3) is 16.4. The molecule has 400 valence electrons. The summed E-state index contributed by atoms with van der Waals surface area (Å²) in [6.07, 6.45) is 4.70. The quantitative estimate of drug-likeness (QED) is 0.0436. The molecule has 0 spiro atoms. The Morgan fingerprint density at radius 1 is 0.699 bits per heavy atom. The Bertz CT molecular complexity index is 2280. The lowest BCUT2D eigenvalue weighted by atomic mass is 9.96. The highest BCUT2D eigenvalue weighted by Gasteiger charge is 2.43. The van der Waals surface area contributed by atoms with Crippen LogP contribution in [0.4, 0.5) is 0 Å². The van der Waals surface area contributed by atoms with Crippen LogP contribution in [-0.4, -0.2) is 159 Å². The molecular weight excluding hydrogens is 947 g/mol. The van der Waals surface area contributed by atoms with Crippen LogP contribution < -0.4 is 54.8 Å². The Hall–Kier alpha value is -7.31. The molecule has 0 aliphatic carbocycles. The number of nitrogens with one attached hydrogen (secondary N) is 7. The molecule has 4 heterocycles. The first kappa shape index (κ1) is 56.6. The Morgan fingerprint density at radius 3 is 1.84 bits per heavy atom. The molecule has 73 heavy (non-hydrogen) atoms. The lowest BCUT2D eigenvalue weighted by Crippen LogP contribution is -2.62. The van der Waals surface area contributed by atoms with Crippen LogP contribution in [0.1, 0.15) is 102 Å². The number of aromatic nitrogens is 2. The number of primary amides is 1. The Morgan fingerprint density at radius 2 is 1.25 bits per heavy atom. The van der Waals surface area contributed by atoms with E-state index in [0.29, 0.717) is 49.9 Å². The maximum Gasteiger partial charge on any atom is 0.246 e. The van der Waals surface area contributed by atoms with E-state index in [4.69, 9.17) is 22.9 Å². The van der Waals surface area contributed by atoms with Crippen molar-refractivity contribution in [2.75, 3.05) is 26.2 Å². The van der Waals surface area contributed by atoms with Crippen LogP contribution in [-0.2, 0) is 56.0 Å². The van der Waals surface area contributed by atoms with Gasteiger partial charge in [-0.25, -0.2) is 4.98 Å². The van der Waals surface area contributed by atoms with E-state index in [-0.39, 0.29) is 89.1 Å². The van der Waals surface area contributed by atoms with Gasteiger partial charge in [-0.3, -0.25) is 48.1 Å².